The van der Waals surface area contributed by atoms with Crippen LogP contribution in [0.2, 0.25) is 5.02 Å². The number of nitrogens with zero attached hydrogens (tertiary/aromatic N) is 2. The number of carbonyl (C=O) groups excluding carboxylic acids is 1. The van der Waals surface area contributed by atoms with E-state index in [2.05, 4.69) is 15.3 Å². The number of hydrogen-bond acceptors (Lipinski definition) is 5. The first-order chi connectivity index (χ1) is 13.1. The summed E-state index contributed by atoms with van der Waals surface area (Å²) < 4.78 is 10.9. The molecule has 0 radical (unpaired) electrons. The number of amides is 1. The number of halogens is 1. The number of carbonyl (C=O) groups is 1. The molecule has 0 saturated heterocycles. The SMILES string of the molecule is COc1cncc(OC2CCC(NC(=O)/C=C/c3ccc(Cl)cc3)CC2)n1. The van der Waals surface area contributed by atoms with Gasteiger partial charge in [-0.15, -0.1) is 0 Å². The maximum Gasteiger partial charge on any atom is 0.244 e. The molecule has 1 saturated carbocycles. The molecule has 0 bridgehead atoms. The highest BCUT2D eigenvalue weighted by Crippen LogP contribution is 2.23. The van der Waals surface area contributed by atoms with E-state index in [0.29, 0.717) is 16.8 Å². The zero-order valence-corrected chi connectivity index (χ0v) is 15.9. The number of rotatable bonds is 6. The molecule has 1 amide bonds. The first-order valence-corrected chi connectivity index (χ1v) is 9.27. The van der Waals surface area contributed by atoms with Gasteiger partial charge < -0.3 is 14.8 Å². The van der Waals surface area contributed by atoms with Crippen molar-refractivity contribution in [2.75, 3.05) is 7.11 Å². The molecule has 1 heterocycles. The van der Waals surface area contributed by atoms with E-state index >= 15 is 0 Å². The van der Waals surface area contributed by atoms with Crippen LogP contribution < -0.4 is 14.8 Å². The summed E-state index contributed by atoms with van der Waals surface area (Å²) in [6, 6.07) is 7.50. The Morgan fingerprint density at radius 3 is 2.56 bits per heavy atom. The molecule has 1 aliphatic carbocycles. The molecule has 0 atom stereocenters. The number of ether oxygens (including phenoxy) is 2. The average Bonchev–Trinajstić information content (AvgIpc) is 2.69. The number of hydrogen-bond donors (Lipinski definition) is 1. The second-order valence-corrected chi connectivity index (χ2v) is 6.82. The summed E-state index contributed by atoms with van der Waals surface area (Å²) in [4.78, 5) is 20.4. The van der Waals surface area contributed by atoms with Gasteiger partial charge in [-0.05, 0) is 49.5 Å². The molecule has 7 heteroatoms. The summed E-state index contributed by atoms with van der Waals surface area (Å²) in [5, 5.41) is 3.72. The van der Waals surface area contributed by atoms with Gasteiger partial charge in [0.25, 0.3) is 0 Å². The zero-order valence-electron chi connectivity index (χ0n) is 15.1. The second kappa shape index (κ2) is 9.37. The van der Waals surface area contributed by atoms with E-state index in [0.717, 1.165) is 31.2 Å². The summed E-state index contributed by atoms with van der Waals surface area (Å²) >= 11 is 5.85. The van der Waals surface area contributed by atoms with Crippen molar-refractivity contribution < 1.29 is 14.3 Å². The van der Waals surface area contributed by atoms with Gasteiger partial charge in [0.05, 0.1) is 19.5 Å². The zero-order chi connectivity index (χ0) is 19.1. The molecule has 1 aliphatic rings. The second-order valence-electron chi connectivity index (χ2n) is 6.38. The van der Waals surface area contributed by atoms with Gasteiger partial charge in [-0.25, -0.2) is 0 Å². The van der Waals surface area contributed by atoms with E-state index in [1.807, 2.05) is 12.1 Å². The lowest BCUT2D eigenvalue weighted by molar-refractivity contribution is -0.117. The fraction of sp³-hybridized carbons (Fsp3) is 0.350. The predicted octanol–water partition coefficient (Wildman–Crippen LogP) is 3.66. The third-order valence-electron chi connectivity index (χ3n) is 4.40. The quantitative estimate of drug-likeness (QED) is 0.766. The van der Waals surface area contributed by atoms with Crippen molar-refractivity contribution in [1.29, 1.82) is 0 Å². The molecular formula is C20H22ClN3O3. The Kier molecular flexibility index (Phi) is 6.65. The van der Waals surface area contributed by atoms with Crippen LogP contribution in [0.15, 0.2) is 42.7 Å². The number of benzene rings is 1. The van der Waals surface area contributed by atoms with Crippen molar-refractivity contribution in [3.8, 4) is 11.8 Å². The van der Waals surface area contributed by atoms with E-state index < -0.39 is 0 Å². The highest BCUT2D eigenvalue weighted by Gasteiger charge is 2.23. The van der Waals surface area contributed by atoms with Crippen LogP contribution in [0, 0.1) is 0 Å². The van der Waals surface area contributed by atoms with E-state index in [-0.39, 0.29) is 18.1 Å². The molecule has 1 fully saturated rings. The van der Waals surface area contributed by atoms with E-state index in [4.69, 9.17) is 21.1 Å². The lowest BCUT2D eigenvalue weighted by atomic mass is 9.93. The standard InChI is InChI=1S/C20H22ClN3O3/c1-26-19-12-22-13-20(24-19)27-17-9-7-16(8-10-17)23-18(25)11-4-14-2-5-15(21)6-3-14/h2-6,11-13,16-17H,7-10H2,1H3,(H,23,25)/b11-4+. The normalized spacial score (nSPS) is 19.6. The van der Waals surface area contributed by atoms with Crippen LogP contribution >= 0.6 is 11.6 Å². The molecule has 0 aliphatic heterocycles. The van der Waals surface area contributed by atoms with Gasteiger partial charge in [0.2, 0.25) is 17.7 Å². The summed E-state index contributed by atoms with van der Waals surface area (Å²) in [5.41, 5.74) is 0.936. The molecule has 142 valence electrons. The average molecular weight is 388 g/mol. The Morgan fingerprint density at radius 1 is 1.15 bits per heavy atom. The number of aromatic nitrogens is 2. The summed E-state index contributed by atoms with van der Waals surface area (Å²) in [5.74, 6) is 0.807. The summed E-state index contributed by atoms with van der Waals surface area (Å²) in [6.07, 6.45) is 9.96. The van der Waals surface area contributed by atoms with Crippen LogP contribution in [0.5, 0.6) is 11.8 Å². The minimum Gasteiger partial charge on any atom is -0.480 e. The summed E-state index contributed by atoms with van der Waals surface area (Å²) in [7, 11) is 1.54. The van der Waals surface area contributed by atoms with Gasteiger partial charge in [-0.1, -0.05) is 23.7 Å². The van der Waals surface area contributed by atoms with Crippen LogP contribution in [-0.4, -0.2) is 35.1 Å². The maximum atomic E-state index is 12.1. The lowest BCUT2D eigenvalue weighted by Gasteiger charge is -2.28. The van der Waals surface area contributed by atoms with Crippen molar-refractivity contribution in [2.24, 2.45) is 0 Å². The van der Waals surface area contributed by atoms with E-state index in [9.17, 15) is 4.79 Å². The van der Waals surface area contributed by atoms with Gasteiger partial charge in [0, 0.05) is 17.1 Å². The topological polar surface area (TPSA) is 73.3 Å². The van der Waals surface area contributed by atoms with Crippen molar-refractivity contribution in [3.63, 3.8) is 0 Å². The van der Waals surface area contributed by atoms with Gasteiger partial charge in [-0.2, -0.15) is 4.98 Å². The lowest BCUT2D eigenvalue weighted by Crippen LogP contribution is -2.39. The molecule has 1 N–H and O–H groups in total. The first kappa shape index (κ1) is 19.2. The molecule has 3 rings (SSSR count). The minimum absolute atomic E-state index is 0.0733. The van der Waals surface area contributed by atoms with E-state index in [1.165, 1.54) is 6.20 Å². The molecule has 6 nitrogen and oxygen atoms in total. The van der Waals surface area contributed by atoms with Crippen LogP contribution in [0.25, 0.3) is 6.08 Å². The Hall–Kier alpha value is -2.60. The van der Waals surface area contributed by atoms with Crippen LogP contribution in [0.4, 0.5) is 0 Å². The van der Waals surface area contributed by atoms with Crippen molar-refractivity contribution in [2.45, 2.75) is 37.8 Å². The van der Waals surface area contributed by atoms with Crippen molar-refractivity contribution in [1.82, 2.24) is 15.3 Å². The molecule has 2 aromatic rings. The number of nitrogens with one attached hydrogen (secondary N) is 1. The Morgan fingerprint density at radius 2 is 1.85 bits per heavy atom. The third-order valence-corrected chi connectivity index (χ3v) is 4.66. The minimum atomic E-state index is -0.0898. The Labute approximate surface area is 163 Å². The monoisotopic (exact) mass is 387 g/mol. The highest BCUT2D eigenvalue weighted by molar-refractivity contribution is 6.30. The number of methoxy groups -OCH3 is 1. The van der Waals surface area contributed by atoms with Crippen molar-refractivity contribution >= 4 is 23.6 Å². The Balaban J connectivity index is 1.43. The Bertz CT molecular complexity index is 787. The molecular weight excluding hydrogens is 366 g/mol. The van der Waals surface area contributed by atoms with Crippen LogP contribution in [0.3, 0.4) is 0 Å². The van der Waals surface area contributed by atoms with Gasteiger partial charge in [0.15, 0.2) is 0 Å². The summed E-state index contributed by atoms with van der Waals surface area (Å²) in [6.45, 7) is 0. The molecule has 0 spiro atoms. The highest BCUT2D eigenvalue weighted by atomic mass is 35.5. The molecule has 27 heavy (non-hydrogen) atoms. The van der Waals surface area contributed by atoms with Crippen LogP contribution in [0.1, 0.15) is 31.2 Å². The van der Waals surface area contributed by atoms with E-state index in [1.54, 1.807) is 37.6 Å². The van der Waals surface area contributed by atoms with Crippen molar-refractivity contribution in [3.05, 3.63) is 53.3 Å². The largest absolute Gasteiger partial charge is 0.480 e. The first-order valence-electron chi connectivity index (χ1n) is 8.89. The maximum absolute atomic E-state index is 12.1. The molecule has 0 unspecified atom stereocenters. The molecule has 1 aromatic carbocycles. The smallest absolute Gasteiger partial charge is 0.244 e. The van der Waals surface area contributed by atoms with Crippen LogP contribution in [-0.2, 0) is 4.79 Å². The fourth-order valence-electron chi connectivity index (χ4n) is 2.98. The molecule has 1 aromatic heterocycles. The fourth-order valence-corrected chi connectivity index (χ4v) is 3.10. The van der Waals surface area contributed by atoms with Gasteiger partial charge in [0.1, 0.15) is 6.10 Å². The van der Waals surface area contributed by atoms with Gasteiger partial charge in [-0.3, -0.25) is 9.78 Å². The van der Waals surface area contributed by atoms with Gasteiger partial charge >= 0.3 is 0 Å². The third kappa shape index (κ3) is 5.96. The predicted molar refractivity (Wildman–Crippen MR) is 104 cm³/mol.